The first-order valence-electron chi connectivity index (χ1n) is 4.72. The Labute approximate surface area is 82.9 Å². The highest BCUT2D eigenvalue weighted by molar-refractivity contribution is 5.65. The van der Waals surface area contributed by atoms with Gasteiger partial charge in [0, 0.05) is 39.3 Å². The van der Waals surface area contributed by atoms with E-state index in [4.69, 9.17) is 10.8 Å². The summed E-state index contributed by atoms with van der Waals surface area (Å²) in [5.41, 5.74) is 5.28. The highest BCUT2D eigenvalue weighted by Crippen LogP contribution is 2.02. The van der Waals surface area contributed by atoms with Gasteiger partial charge < -0.3 is 20.8 Å². The minimum absolute atomic E-state index is 0.249. The fourth-order valence-electron chi connectivity index (χ4n) is 1.49. The molecule has 6 heteroatoms. The smallest absolute Gasteiger partial charge is 0.407 e. The van der Waals surface area contributed by atoms with E-state index in [1.807, 2.05) is 4.90 Å². The van der Waals surface area contributed by atoms with Gasteiger partial charge in [-0.05, 0) is 0 Å². The molecule has 1 atom stereocenters. The van der Waals surface area contributed by atoms with Crippen molar-refractivity contribution in [3.63, 3.8) is 0 Å². The number of rotatable bonds is 3. The van der Waals surface area contributed by atoms with Crippen molar-refractivity contribution in [2.45, 2.75) is 6.10 Å². The number of nitrogens with two attached hydrogens (primary N) is 1. The van der Waals surface area contributed by atoms with E-state index < -0.39 is 12.2 Å². The van der Waals surface area contributed by atoms with Gasteiger partial charge in [0.05, 0.1) is 6.10 Å². The third-order valence-corrected chi connectivity index (χ3v) is 2.38. The molecule has 1 fully saturated rings. The molecule has 0 aromatic rings. The van der Waals surface area contributed by atoms with Crippen molar-refractivity contribution >= 4 is 6.09 Å². The molecule has 1 heterocycles. The minimum atomic E-state index is -0.871. The summed E-state index contributed by atoms with van der Waals surface area (Å²) in [7, 11) is 0. The summed E-state index contributed by atoms with van der Waals surface area (Å²) in [5, 5.41) is 18.0. The van der Waals surface area contributed by atoms with Crippen LogP contribution >= 0.6 is 0 Å². The third kappa shape index (κ3) is 3.13. The van der Waals surface area contributed by atoms with Crippen LogP contribution in [0.4, 0.5) is 4.79 Å². The first-order chi connectivity index (χ1) is 6.63. The molecule has 1 aliphatic rings. The van der Waals surface area contributed by atoms with Crippen molar-refractivity contribution in [3.8, 4) is 0 Å². The number of piperazine rings is 1. The highest BCUT2D eigenvalue weighted by atomic mass is 16.4. The first-order valence-corrected chi connectivity index (χ1v) is 4.72. The second-order valence-corrected chi connectivity index (χ2v) is 3.46. The van der Waals surface area contributed by atoms with E-state index in [1.165, 1.54) is 4.90 Å². The summed E-state index contributed by atoms with van der Waals surface area (Å²) in [5.74, 6) is 0. The Morgan fingerprint density at radius 2 is 1.93 bits per heavy atom. The van der Waals surface area contributed by atoms with Gasteiger partial charge in [0.2, 0.25) is 0 Å². The quantitative estimate of drug-likeness (QED) is 0.525. The Bertz CT molecular complexity index is 192. The number of aliphatic hydroxyl groups is 1. The summed E-state index contributed by atoms with van der Waals surface area (Å²) in [6.45, 7) is 3.13. The summed E-state index contributed by atoms with van der Waals surface area (Å²) < 4.78 is 0. The van der Waals surface area contributed by atoms with Gasteiger partial charge in [-0.1, -0.05) is 0 Å². The van der Waals surface area contributed by atoms with Crippen LogP contribution in [0.25, 0.3) is 0 Å². The van der Waals surface area contributed by atoms with Gasteiger partial charge in [0.15, 0.2) is 0 Å². The number of carboxylic acid groups (broad SMARTS) is 1. The number of nitrogens with zero attached hydrogens (tertiary/aromatic N) is 2. The van der Waals surface area contributed by atoms with Gasteiger partial charge >= 0.3 is 6.09 Å². The average molecular weight is 203 g/mol. The molecule has 1 amide bonds. The van der Waals surface area contributed by atoms with Gasteiger partial charge in [-0.15, -0.1) is 0 Å². The fraction of sp³-hybridized carbons (Fsp3) is 0.875. The number of amides is 1. The Kier molecular flexibility index (Phi) is 4.12. The lowest BCUT2D eigenvalue weighted by molar-refractivity contribution is 0.0728. The van der Waals surface area contributed by atoms with Crippen LogP contribution in [-0.4, -0.2) is 71.5 Å². The molecule has 1 saturated heterocycles. The number of β-amino-alcohol motifs (C(OH)–C–C–N with tert-alkyl or cyclic N) is 1. The Balaban J connectivity index is 2.25. The summed E-state index contributed by atoms with van der Waals surface area (Å²) in [4.78, 5) is 14.0. The maximum absolute atomic E-state index is 10.6. The molecule has 0 bridgehead atoms. The van der Waals surface area contributed by atoms with Crippen LogP contribution in [0.1, 0.15) is 0 Å². The van der Waals surface area contributed by atoms with E-state index >= 15 is 0 Å². The SMILES string of the molecule is NCC(O)CN1CCN(C(=O)O)CC1. The zero-order valence-electron chi connectivity index (χ0n) is 8.09. The molecule has 0 aliphatic carbocycles. The van der Waals surface area contributed by atoms with Gasteiger partial charge in [-0.25, -0.2) is 4.79 Å². The zero-order valence-corrected chi connectivity index (χ0v) is 8.09. The van der Waals surface area contributed by atoms with Crippen LogP contribution in [0.2, 0.25) is 0 Å². The fourth-order valence-corrected chi connectivity index (χ4v) is 1.49. The highest BCUT2D eigenvalue weighted by Gasteiger charge is 2.21. The van der Waals surface area contributed by atoms with E-state index in [0.717, 1.165) is 0 Å². The summed E-state index contributed by atoms with van der Waals surface area (Å²) in [6.07, 6.45) is -1.38. The van der Waals surface area contributed by atoms with Crippen molar-refractivity contribution in [1.82, 2.24) is 9.80 Å². The first kappa shape index (κ1) is 11.2. The normalized spacial score (nSPS) is 20.9. The van der Waals surface area contributed by atoms with E-state index in [1.54, 1.807) is 0 Å². The molecular weight excluding hydrogens is 186 g/mol. The van der Waals surface area contributed by atoms with E-state index in [2.05, 4.69) is 0 Å². The predicted octanol–water partition coefficient (Wildman–Crippen LogP) is -1.40. The van der Waals surface area contributed by atoms with Crippen molar-refractivity contribution < 1.29 is 15.0 Å². The molecule has 6 nitrogen and oxygen atoms in total. The van der Waals surface area contributed by atoms with E-state index in [0.29, 0.717) is 32.7 Å². The van der Waals surface area contributed by atoms with Gasteiger partial charge in [-0.2, -0.15) is 0 Å². The van der Waals surface area contributed by atoms with E-state index in [9.17, 15) is 9.90 Å². The molecule has 4 N–H and O–H groups in total. The number of hydrogen-bond donors (Lipinski definition) is 3. The van der Waals surface area contributed by atoms with Crippen molar-refractivity contribution in [2.75, 3.05) is 39.3 Å². The van der Waals surface area contributed by atoms with Gasteiger partial charge in [0.25, 0.3) is 0 Å². The number of hydrogen-bond acceptors (Lipinski definition) is 4. The molecule has 0 aromatic heterocycles. The van der Waals surface area contributed by atoms with Crippen LogP contribution in [-0.2, 0) is 0 Å². The monoisotopic (exact) mass is 203 g/mol. The molecule has 1 aliphatic heterocycles. The molecule has 0 spiro atoms. The lowest BCUT2D eigenvalue weighted by atomic mass is 10.2. The van der Waals surface area contributed by atoms with Crippen LogP contribution < -0.4 is 5.73 Å². The second-order valence-electron chi connectivity index (χ2n) is 3.46. The van der Waals surface area contributed by atoms with E-state index in [-0.39, 0.29) is 6.54 Å². The molecule has 0 radical (unpaired) electrons. The zero-order chi connectivity index (χ0) is 10.6. The number of carbonyl (C=O) groups is 1. The molecule has 0 saturated carbocycles. The molecule has 0 aromatic carbocycles. The van der Waals surface area contributed by atoms with Crippen LogP contribution in [0.15, 0.2) is 0 Å². The largest absolute Gasteiger partial charge is 0.465 e. The Hall–Kier alpha value is -0.850. The van der Waals surface area contributed by atoms with Crippen LogP contribution in [0.3, 0.4) is 0 Å². The Morgan fingerprint density at radius 3 is 2.36 bits per heavy atom. The average Bonchev–Trinajstić information content (AvgIpc) is 2.18. The molecular formula is C8H17N3O3. The molecule has 82 valence electrons. The summed E-state index contributed by atoms with van der Waals surface area (Å²) >= 11 is 0. The third-order valence-electron chi connectivity index (χ3n) is 2.38. The van der Waals surface area contributed by atoms with Crippen LogP contribution in [0.5, 0.6) is 0 Å². The topological polar surface area (TPSA) is 90.0 Å². The Morgan fingerprint density at radius 1 is 1.36 bits per heavy atom. The maximum atomic E-state index is 10.6. The van der Waals surface area contributed by atoms with Gasteiger partial charge in [-0.3, -0.25) is 4.90 Å². The van der Waals surface area contributed by atoms with Gasteiger partial charge in [0.1, 0.15) is 0 Å². The van der Waals surface area contributed by atoms with Crippen LogP contribution in [0, 0.1) is 0 Å². The van der Waals surface area contributed by atoms with Crippen molar-refractivity contribution in [2.24, 2.45) is 5.73 Å². The van der Waals surface area contributed by atoms with Crippen molar-refractivity contribution in [3.05, 3.63) is 0 Å². The lowest BCUT2D eigenvalue weighted by Crippen LogP contribution is -2.50. The van der Waals surface area contributed by atoms with Crippen molar-refractivity contribution in [1.29, 1.82) is 0 Å². The summed E-state index contributed by atoms with van der Waals surface area (Å²) in [6, 6.07) is 0. The molecule has 1 unspecified atom stereocenters. The predicted molar refractivity (Wildman–Crippen MR) is 51.1 cm³/mol. The minimum Gasteiger partial charge on any atom is -0.465 e. The second kappa shape index (κ2) is 5.14. The standard InChI is InChI=1S/C8H17N3O3/c9-5-7(12)6-10-1-3-11(4-2-10)8(13)14/h7,12H,1-6,9H2,(H,13,14). The molecule has 14 heavy (non-hydrogen) atoms. The maximum Gasteiger partial charge on any atom is 0.407 e. The molecule has 1 rings (SSSR count). The lowest BCUT2D eigenvalue weighted by Gasteiger charge is -2.33. The number of aliphatic hydroxyl groups excluding tert-OH is 1.